The molecule has 1 unspecified atom stereocenters. The van der Waals surface area contributed by atoms with E-state index < -0.39 is 11.4 Å². The molecule has 0 bridgehead atoms. The summed E-state index contributed by atoms with van der Waals surface area (Å²) < 4.78 is 18.7. The van der Waals surface area contributed by atoms with E-state index in [1.54, 1.807) is 0 Å². The number of hydrogen-bond acceptors (Lipinski definition) is 3. The maximum atomic E-state index is 13.0. The number of ether oxygens (including phenoxy) is 1. The maximum absolute atomic E-state index is 13.0. The zero-order valence-corrected chi connectivity index (χ0v) is 11.9. The molecule has 0 spiro atoms. The van der Waals surface area contributed by atoms with E-state index in [1.807, 2.05) is 31.2 Å². The van der Waals surface area contributed by atoms with Crippen molar-refractivity contribution in [1.82, 2.24) is 4.98 Å². The van der Waals surface area contributed by atoms with E-state index in [-0.39, 0.29) is 0 Å². The fourth-order valence-corrected chi connectivity index (χ4v) is 2.34. The Labute approximate surface area is 123 Å². The molecule has 3 nitrogen and oxygen atoms in total. The van der Waals surface area contributed by atoms with Crippen LogP contribution in [0.4, 0.5) is 4.39 Å². The molecule has 1 aromatic heterocycles. The van der Waals surface area contributed by atoms with Crippen LogP contribution in [0.2, 0.25) is 0 Å². The molecule has 0 aliphatic heterocycles. The van der Waals surface area contributed by atoms with E-state index >= 15 is 0 Å². The van der Waals surface area contributed by atoms with Gasteiger partial charge in [0.25, 0.3) is 0 Å². The van der Waals surface area contributed by atoms with Gasteiger partial charge in [-0.3, -0.25) is 4.98 Å². The van der Waals surface area contributed by atoms with E-state index in [0.717, 1.165) is 30.4 Å². The van der Waals surface area contributed by atoms with E-state index in [0.29, 0.717) is 18.2 Å². The molecule has 3 rings (SSSR count). The van der Waals surface area contributed by atoms with Gasteiger partial charge in [0.15, 0.2) is 0 Å². The first-order chi connectivity index (χ1) is 10.1. The highest BCUT2D eigenvalue weighted by Gasteiger charge is 2.31. The number of rotatable bonds is 5. The second-order valence-electron chi connectivity index (χ2n) is 5.42. The Morgan fingerprint density at radius 2 is 1.95 bits per heavy atom. The van der Waals surface area contributed by atoms with Crippen LogP contribution in [-0.2, 0) is 5.60 Å². The molecule has 1 saturated carbocycles. The molecular weight excluding hydrogens is 269 g/mol. The van der Waals surface area contributed by atoms with Crippen molar-refractivity contribution in [2.45, 2.75) is 37.9 Å². The number of hydrogen-bond donors (Lipinski definition) is 1. The van der Waals surface area contributed by atoms with E-state index in [2.05, 4.69) is 4.98 Å². The standard InChI is InChI=1S/C17H18FNO2/c1-2-17(20,16-10-5-13(18)11-19-16)12-3-6-14(7-4-12)21-15-8-9-15/h3-7,10-11,15,20H,2,8-9H2,1H3. The van der Waals surface area contributed by atoms with Gasteiger partial charge in [-0.15, -0.1) is 0 Å². The van der Waals surface area contributed by atoms with Gasteiger partial charge in [0, 0.05) is 0 Å². The Balaban J connectivity index is 1.88. The van der Waals surface area contributed by atoms with Gasteiger partial charge in [0.1, 0.15) is 17.2 Å². The zero-order valence-electron chi connectivity index (χ0n) is 11.9. The number of nitrogens with zero attached hydrogens (tertiary/aromatic N) is 1. The SMILES string of the molecule is CCC(O)(c1ccc(OC2CC2)cc1)c1ccc(F)cn1. The number of aromatic nitrogens is 1. The van der Waals surface area contributed by atoms with E-state index in [1.165, 1.54) is 12.1 Å². The summed E-state index contributed by atoms with van der Waals surface area (Å²) in [5.41, 5.74) is -0.0410. The smallest absolute Gasteiger partial charge is 0.141 e. The molecule has 0 radical (unpaired) electrons. The van der Waals surface area contributed by atoms with Crippen LogP contribution in [0.3, 0.4) is 0 Å². The summed E-state index contributed by atoms with van der Waals surface area (Å²) in [7, 11) is 0. The van der Waals surface area contributed by atoms with Gasteiger partial charge in [0.05, 0.1) is 18.0 Å². The van der Waals surface area contributed by atoms with Crippen molar-refractivity contribution in [2.24, 2.45) is 0 Å². The highest BCUT2D eigenvalue weighted by Crippen LogP contribution is 2.33. The summed E-state index contributed by atoms with van der Waals surface area (Å²) in [6.45, 7) is 1.87. The topological polar surface area (TPSA) is 42.4 Å². The predicted molar refractivity (Wildman–Crippen MR) is 77.6 cm³/mol. The van der Waals surface area contributed by atoms with Crippen molar-refractivity contribution in [3.05, 3.63) is 59.7 Å². The van der Waals surface area contributed by atoms with Crippen molar-refractivity contribution < 1.29 is 14.2 Å². The lowest BCUT2D eigenvalue weighted by Gasteiger charge is -2.27. The predicted octanol–water partition coefficient (Wildman–Crippen LogP) is 3.41. The first-order valence-electron chi connectivity index (χ1n) is 7.23. The number of aliphatic hydroxyl groups is 1. The van der Waals surface area contributed by atoms with Crippen LogP contribution in [0.1, 0.15) is 37.4 Å². The van der Waals surface area contributed by atoms with Gasteiger partial charge < -0.3 is 9.84 Å². The van der Waals surface area contributed by atoms with Crippen molar-refractivity contribution in [3.63, 3.8) is 0 Å². The van der Waals surface area contributed by atoms with Gasteiger partial charge in [-0.1, -0.05) is 19.1 Å². The molecule has 1 fully saturated rings. The molecule has 4 heteroatoms. The van der Waals surface area contributed by atoms with Crippen LogP contribution in [0.15, 0.2) is 42.6 Å². The lowest BCUT2D eigenvalue weighted by Crippen LogP contribution is -2.27. The lowest BCUT2D eigenvalue weighted by atomic mass is 9.87. The molecule has 0 amide bonds. The van der Waals surface area contributed by atoms with Crippen molar-refractivity contribution >= 4 is 0 Å². The Hall–Kier alpha value is -1.94. The largest absolute Gasteiger partial charge is 0.490 e. The second-order valence-corrected chi connectivity index (χ2v) is 5.42. The molecule has 1 aromatic carbocycles. The van der Waals surface area contributed by atoms with Gasteiger partial charge >= 0.3 is 0 Å². The normalized spacial score (nSPS) is 17.3. The number of pyridine rings is 1. The third-order valence-corrected chi connectivity index (χ3v) is 3.82. The van der Waals surface area contributed by atoms with Crippen molar-refractivity contribution in [2.75, 3.05) is 0 Å². The molecule has 2 aromatic rings. The lowest BCUT2D eigenvalue weighted by molar-refractivity contribution is 0.0717. The second kappa shape index (κ2) is 5.45. The average molecular weight is 287 g/mol. The summed E-state index contributed by atoms with van der Waals surface area (Å²) in [6, 6.07) is 10.2. The molecule has 1 N–H and O–H groups in total. The number of benzene rings is 1. The van der Waals surface area contributed by atoms with Crippen LogP contribution < -0.4 is 4.74 Å². The minimum Gasteiger partial charge on any atom is -0.490 e. The molecular formula is C17H18FNO2. The third-order valence-electron chi connectivity index (χ3n) is 3.82. The van der Waals surface area contributed by atoms with E-state index in [4.69, 9.17) is 4.74 Å². The van der Waals surface area contributed by atoms with Crippen LogP contribution in [0.25, 0.3) is 0 Å². The average Bonchev–Trinajstić information content (AvgIpc) is 3.32. The monoisotopic (exact) mass is 287 g/mol. The van der Waals surface area contributed by atoms with Crippen LogP contribution >= 0.6 is 0 Å². The fourth-order valence-electron chi connectivity index (χ4n) is 2.34. The van der Waals surface area contributed by atoms with Gasteiger partial charge in [-0.05, 0) is 49.1 Å². The molecule has 1 heterocycles. The summed E-state index contributed by atoms with van der Waals surface area (Å²) in [6.07, 6.45) is 4.15. The van der Waals surface area contributed by atoms with Crippen LogP contribution in [-0.4, -0.2) is 16.2 Å². The van der Waals surface area contributed by atoms with Crippen molar-refractivity contribution in [3.8, 4) is 5.75 Å². The third kappa shape index (κ3) is 2.90. The zero-order chi connectivity index (χ0) is 14.9. The fraction of sp³-hybridized carbons (Fsp3) is 0.353. The molecule has 0 saturated heterocycles. The minimum absolute atomic E-state index is 0.347. The van der Waals surface area contributed by atoms with Gasteiger partial charge in [-0.2, -0.15) is 0 Å². The highest BCUT2D eigenvalue weighted by atomic mass is 19.1. The Bertz CT molecular complexity index is 608. The van der Waals surface area contributed by atoms with Gasteiger partial charge in [0.2, 0.25) is 0 Å². The minimum atomic E-state index is -1.22. The summed E-state index contributed by atoms with van der Waals surface area (Å²) in [5.74, 6) is 0.400. The Kier molecular flexibility index (Phi) is 3.64. The molecule has 1 aliphatic carbocycles. The van der Waals surface area contributed by atoms with Crippen molar-refractivity contribution in [1.29, 1.82) is 0 Å². The Morgan fingerprint density at radius 1 is 1.24 bits per heavy atom. The highest BCUT2D eigenvalue weighted by molar-refractivity contribution is 5.36. The quantitative estimate of drug-likeness (QED) is 0.916. The number of halogens is 1. The van der Waals surface area contributed by atoms with Gasteiger partial charge in [-0.25, -0.2) is 4.39 Å². The van der Waals surface area contributed by atoms with Crippen LogP contribution in [0.5, 0.6) is 5.75 Å². The molecule has 1 aliphatic rings. The molecule has 21 heavy (non-hydrogen) atoms. The van der Waals surface area contributed by atoms with E-state index in [9.17, 15) is 9.50 Å². The first kappa shape index (κ1) is 14.0. The summed E-state index contributed by atoms with van der Waals surface area (Å²) in [4.78, 5) is 4.02. The summed E-state index contributed by atoms with van der Waals surface area (Å²) in [5, 5.41) is 10.9. The Morgan fingerprint density at radius 3 is 2.48 bits per heavy atom. The maximum Gasteiger partial charge on any atom is 0.141 e. The molecule has 1 atom stereocenters. The molecule has 110 valence electrons. The summed E-state index contributed by atoms with van der Waals surface area (Å²) >= 11 is 0. The van der Waals surface area contributed by atoms with Crippen LogP contribution in [0, 0.1) is 5.82 Å². The first-order valence-corrected chi connectivity index (χ1v) is 7.23.